The predicted octanol–water partition coefficient (Wildman–Crippen LogP) is 3.75. The standard InChI is InChI=1S/C13H19BrFN/c1-13(2,3)10(8-16)6-9-4-5-12(15)11(14)7-9/h4-5,7,10H,6,8,16H2,1-3H3. The fourth-order valence-electron chi connectivity index (χ4n) is 1.69. The molecule has 1 aromatic rings. The molecule has 0 radical (unpaired) electrons. The molecular weight excluding hydrogens is 269 g/mol. The number of nitrogens with two attached hydrogens (primary N) is 1. The van der Waals surface area contributed by atoms with E-state index in [0.717, 1.165) is 12.0 Å². The smallest absolute Gasteiger partial charge is 0.137 e. The highest BCUT2D eigenvalue weighted by Gasteiger charge is 2.23. The zero-order valence-electron chi connectivity index (χ0n) is 10.1. The van der Waals surface area contributed by atoms with E-state index >= 15 is 0 Å². The van der Waals surface area contributed by atoms with Crippen LogP contribution >= 0.6 is 15.9 Å². The summed E-state index contributed by atoms with van der Waals surface area (Å²) in [6.45, 7) is 7.20. The molecule has 0 aliphatic carbocycles. The van der Waals surface area contributed by atoms with Crippen LogP contribution < -0.4 is 5.73 Å². The zero-order chi connectivity index (χ0) is 12.3. The van der Waals surface area contributed by atoms with Gasteiger partial charge in [-0.25, -0.2) is 4.39 Å². The van der Waals surface area contributed by atoms with Crippen LogP contribution in [0.5, 0.6) is 0 Å². The minimum absolute atomic E-state index is 0.176. The van der Waals surface area contributed by atoms with E-state index in [9.17, 15) is 4.39 Å². The van der Waals surface area contributed by atoms with Crippen molar-refractivity contribution in [2.24, 2.45) is 17.1 Å². The van der Waals surface area contributed by atoms with Gasteiger partial charge in [-0.2, -0.15) is 0 Å². The highest BCUT2D eigenvalue weighted by molar-refractivity contribution is 9.10. The van der Waals surface area contributed by atoms with Crippen LogP contribution in [0.2, 0.25) is 0 Å². The Hall–Kier alpha value is -0.410. The lowest BCUT2D eigenvalue weighted by molar-refractivity contribution is 0.246. The maximum Gasteiger partial charge on any atom is 0.137 e. The molecule has 3 heteroatoms. The van der Waals surface area contributed by atoms with Gasteiger partial charge in [-0.15, -0.1) is 0 Å². The average Bonchev–Trinajstić information content (AvgIpc) is 2.18. The Bertz CT molecular complexity index is 357. The third kappa shape index (κ3) is 3.56. The highest BCUT2D eigenvalue weighted by atomic mass is 79.9. The second-order valence-electron chi connectivity index (χ2n) is 5.25. The van der Waals surface area contributed by atoms with Crippen molar-refractivity contribution in [3.63, 3.8) is 0 Å². The van der Waals surface area contributed by atoms with Gasteiger partial charge in [-0.3, -0.25) is 0 Å². The van der Waals surface area contributed by atoms with Gasteiger partial charge in [-0.1, -0.05) is 26.8 Å². The average molecular weight is 288 g/mol. The Morgan fingerprint density at radius 3 is 2.44 bits per heavy atom. The Morgan fingerprint density at radius 2 is 2.00 bits per heavy atom. The summed E-state index contributed by atoms with van der Waals surface area (Å²) in [5.74, 6) is 0.189. The van der Waals surface area contributed by atoms with Gasteiger partial charge in [0.1, 0.15) is 5.82 Å². The summed E-state index contributed by atoms with van der Waals surface area (Å²) >= 11 is 3.20. The van der Waals surface area contributed by atoms with E-state index in [1.54, 1.807) is 0 Å². The SMILES string of the molecule is CC(C)(C)C(CN)Cc1ccc(F)c(Br)c1. The third-order valence-corrected chi connectivity index (χ3v) is 3.58. The van der Waals surface area contributed by atoms with Gasteiger partial charge in [0, 0.05) is 0 Å². The number of halogens is 2. The van der Waals surface area contributed by atoms with E-state index in [1.807, 2.05) is 12.1 Å². The van der Waals surface area contributed by atoms with Crippen LogP contribution in [0.15, 0.2) is 22.7 Å². The minimum Gasteiger partial charge on any atom is -0.330 e. The first kappa shape index (κ1) is 13.7. The van der Waals surface area contributed by atoms with Crippen LogP contribution in [0.25, 0.3) is 0 Å². The van der Waals surface area contributed by atoms with Crippen molar-refractivity contribution in [2.45, 2.75) is 27.2 Å². The zero-order valence-corrected chi connectivity index (χ0v) is 11.6. The van der Waals surface area contributed by atoms with Crippen LogP contribution in [0, 0.1) is 17.2 Å². The van der Waals surface area contributed by atoms with E-state index in [4.69, 9.17) is 5.73 Å². The topological polar surface area (TPSA) is 26.0 Å². The molecular formula is C13H19BrFN. The van der Waals surface area contributed by atoms with Crippen molar-refractivity contribution in [1.82, 2.24) is 0 Å². The van der Waals surface area contributed by atoms with Gasteiger partial charge in [0.05, 0.1) is 4.47 Å². The van der Waals surface area contributed by atoms with Gasteiger partial charge in [0.2, 0.25) is 0 Å². The van der Waals surface area contributed by atoms with E-state index in [-0.39, 0.29) is 11.2 Å². The fourth-order valence-corrected chi connectivity index (χ4v) is 2.12. The van der Waals surface area contributed by atoms with Gasteiger partial charge in [0.15, 0.2) is 0 Å². The van der Waals surface area contributed by atoms with Crippen molar-refractivity contribution in [2.75, 3.05) is 6.54 Å². The maximum absolute atomic E-state index is 13.1. The van der Waals surface area contributed by atoms with Crippen molar-refractivity contribution in [3.05, 3.63) is 34.1 Å². The normalized spacial score (nSPS) is 13.9. The van der Waals surface area contributed by atoms with E-state index < -0.39 is 0 Å². The summed E-state index contributed by atoms with van der Waals surface area (Å²) in [7, 11) is 0. The summed E-state index contributed by atoms with van der Waals surface area (Å²) in [5, 5.41) is 0. The molecule has 0 saturated carbocycles. The van der Waals surface area contributed by atoms with E-state index in [2.05, 4.69) is 36.7 Å². The van der Waals surface area contributed by atoms with Crippen molar-refractivity contribution < 1.29 is 4.39 Å². The monoisotopic (exact) mass is 287 g/mol. The maximum atomic E-state index is 13.1. The molecule has 1 aromatic carbocycles. The molecule has 90 valence electrons. The van der Waals surface area contributed by atoms with Crippen molar-refractivity contribution in [1.29, 1.82) is 0 Å². The molecule has 0 bridgehead atoms. The molecule has 0 fully saturated rings. The molecule has 1 atom stereocenters. The summed E-state index contributed by atoms with van der Waals surface area (Å²) in [5.41, 5.74) is 7.09. The number of hydrogen-bond donors (Lipinski definition) is 1. The Kier molecular flexibility index (Phi) is 4.51. The minimum atomic E-state index is -0.219. The molecule has 0 heterocycles. The number of rotatable bonds is 3. The number of benzene rings is 1. The quantitative estimate of drug-likeness (QED) is 0.900. The number of hydrogen-bond acceptors (Lipinski definition) is 1. The van der Waals surface area contributed by atoms with Crippen LogP contribution in [-0.4, -0.2) is 6.54 Å². The summed E-state index contributed by atoms with van der Waals surface area (Å²) in [4.78, 5) is 0. The lowest BCUT2D eigenvalue weighted by Crippen LogP contribution is -2.29. The van der Waals surface area contributed by atoms with Crippen LogP contribution in [0.3, 0.4) is 0 Å². The molecule has 1 rings (SSSR count). The first-order valence-electron chi connectivity index (χ1n) is 5.48. The van der Waals surface area contributed by atoms with Crippen LogP contribution in [0.4, 0.5) is 4.39 Å². The predicted molar refractivity (Wildman–Crippen MR) is 69.8 cm³/mol. The first-order valence-corrected chi connectivity index (χ1v) is 6.28. The van der Waals surface area contributed by atoms with Gasteiger partial charge in [0.25, 0.3) is 0 Å². The Morgan fingerprint density at radius 1 is 1.38 bits per heavy atom. The van der Waals surface area contributed by atoms with Gasteiger partial charge in [-0.05, 0) is 57.9 Å². The molecule has 1 unspecified atom stereocenters. The van der Waals surface area contributed by atoms with Gasteiger partial charge >= 0.3 is 0 Å². The molecule has 0 spiro atoms. The highest BCUT2D eigenvalue weighted by Crippen LogP contribution is 2.29. The summed E-state index contributed by atoms with van der Waals surface area (Å²) in [6, 6.07) is 5.16. The summed E-state index contributed by atoms with van der Waals surface area (Å²) < 4.78 is 13.6. The lowest BCUT2D eigenvalue weighted by atomic mass is 9.77. The second kappa shape index (κ2) is 5.28. The first-order chi connectivity index (χ1) is 7.34. The van der Waals surface area contributed by atoms with Gasteiger partial charge < -0.3 is 5.73 Å². The second-order valence-corrected chi connectivity index (χ2v) is 6.11. The van der Waals surface area contributed by atoms with Crippen molar-refractivity contribution in [3.8, 4) is 0 Å². The third-order valence-electron chi connectivity index (χ3n) is 2.98. The fraction of sp³-hybridized carbons (Fsp3) is 0.538. The molecule has 1 nitrogen and oxygen atoms in total. The Balaban J connectivity index is 2.83. The Labute approximate surface area is 105 Å². The molecule has 0 saturated heterocycles. The van der Waals surface area contributed by atoms with Crippen LogP contribution in [-0.2, 0) is 6.42 Å². The molecule has 0 amide bonds. The van der Waals surface area contributed by atoms with Crippen molar-refractivity contribution >= 4 is 15.9 Å². The molecule has 0 aliphatic rings. The molecule has 0 aliphatic heterocycles. The largest absolute Gasteiger partial charge is 0.330 e. The summed E-state index contributed by atoms with van der Waals surface area (Å²) in [6.07, 6.45) is 0.888. The van der Waals surface area contributed by atoms with Crippen LogP contribution in [0.1, 0.15) is 26.3 Å². The molecule has 2 N–H and O–H groups in total. The lowest BCUT2D eigenvalue weighted by Gasteiger charge is -2.29. The van der Waals surface area contributed by atoms with E-state index in [1.165, 1.54) is 6.07 Å². The molecule has 16 heavy (non-hydrogen) atoms. The molecule has 0 aromatic heterocycles. The van der Waals surface area contributed by atoms with E-state index in [0.29, 0.717) is 16.9 Å².